The third kappa shape index (κ3) is 1.02. The minimum atomic E-state index is 0.00825. The monoisotopic (exact) mass is 224 g/mol. The molecule has 1 atom stereocenters. The Kier molecular flexibility index (Phi) is 1.44. The first-order valence-corrected chi connectivity index (χ1v) is 5.99. The van der Waals surface area contributed by atoms with Crippen molar-refractivity contribution in [3.05, 3.63) is 29.2 Å². The summed E-state index contributed by atoms with van der Waals surface area (Å²) >= 11 is 0. The van der Waals surface area contributed by atoms with Gasteiger partial charge in [-0.1, -0.05) is 0 Å². The van der Waals surface area contributed by atoms with Crippen molar-refractivity contribution in [1.82, 2.24) is 14.6 Å². The summed E-state index contributed by atoms with van der Waals surface area (Å²) in [6.07, 6.45) is 5.22. The molecule has 0 amide bonds. The van der Waals surface area contributed by atoms with Crippen LogP contribution < -0.4 is 0 Å². The third-order valence-corrected chi connectivity index (χ3v) is 4.12. The van der Waals surface area contributed by atoms with E-state index in [2.05, 4.69) is 16.2 Å². The highest BCUT2D eigenvalue weighted by Crippen LogP contribution is 2.60. The van der Waals surface area contributed by atoms with Gasteiger partial charge in [0.15, 0.2) is 5.65 Å². The standard InChI is InChI=1S/C13H12N4/c1-8-4-11-15-7-10-9(6-14)5-13(2-3-13)12(10)17(11)16-8/h4,7,9H,2-3,5H2,1H3. The number of nitrogens with zero attached hydrogens (tertiary/aromatic N) is 4. The molecule has 1 spiro atoms. The summed E-state index contributed by atoms with van der Waals surface area (Å²) in [7, 11) is 0. The Bertz CT molecular complexity index is 673. The lowest BCUT2D eigenvalue weighted by molar-refractivity contribution is 0.619. The molecule has 0 saturated heterocycles. The summed E-state index contributed by atoms with van der Waals surface area (Å²) in [6.45, 7) is 1.98. The second-order valence-electron chi connectivity index (χ2n) is 5.28. The molecule has 0 radical (unpaired) electrons. The van der Waals surface area contributed by atoms with Crippen molar-refractivity contribution in [2.45, 2.75) is 37.5 Å². The van der Waals surface area contributed by atoms with Gasteiger partial charge in [-0.3, -0.25) is 0 Å². The highest BCUT2D eigenvalue weighted by atomic mass is 15.3. The Hall–Kier alpha value is -1.89. The molecule has 0 bridgehead atoms. The van der Waals surface area contributed by atoms with Crippen LogP contribution in [-0.4, -0.2) is 14.6 Å². The van der Waals surface area contributed by atoms with Crippen LogP contribution in [0.1, 0.15) is 42.1 Å². The Morgan fingerprint density at radius 1 is 1.53 bits per heavy atom. The second-order valence-corrected chi connectivity index (χ2v) is 5.28. The van der Waals surface area contributed by atoms with Crippen LogP contribution in [0.25, 0.3) is 5.65 Å². The average molecular weight is 224 g/mol. The van der Waals surface area contributed by atoms with Gasteiger partial charge in [-0.15, -0.1) is 0 Å². The zero-order chi connectivity index (χ0) is 11.6. The number of aromatic nitrogens is 3. The molecular weight excluding hydrogens is 212 g/mol. The van der Waals surface area contributed by atoms with Crippen LogP contribution >= 0.6 is 0 Å². The minimum Gasteiger partial charge on any atom is -0.237 e. The highest BCUT2D eigenvalue weighted by molar-refractivity contribution is 5.51. The molecule has 2 aromatic heterocycles. The van der Waals surface area contributed by atoms with Crippen LogP contribution in [0.15, 0.2) is 12.3 Å². The van der Waals surface area contributed by atoms with Gasteiger partial charge in [0.1, 0.15) is 0 Å². The van der Waals surface area contributed by atoms with Gasteiger partial charge in [0.2, 0.25) is 0 Å². The molecule has 1 saturated carbocycles. The first-order chi connectivity index (χ1) is 8.23. The van der Waals surface area contributed by atoms with Crippen LogP contribution in [0.4, 0.5) is 0 Å². The van der Waals surface area contributed by atoms with Crippen LogP contribution in [-0.2, 0) is 5.41 Å². The van der Waals surface area contributed by atoms with E-state index in [0.717, 1.165) is 23.3 Å². The van der Waals surface area contributed by atoms with Gasteiger partial charge in [0, 0.05) is 23.2 Å². The molecule has 2 aliphatic rings. The molecule has 0 N–H and O–H groups in total. The van der Waals surface area contributed by atoms with Crippen LogP contribution in [0.5, 0.6) is 0 Å². The van der Waals surface area contributed by atoms with E-state index in [-0.39, 0.29) is 11.3 Å². The van der Waals surface area contributed by atoms with Gasteiger partial charge in [0.25, 0.3) is 0 Å². The van der Waals surface area contributed by atoms with Crippen molar-refractivity contribution in [3.63, 3.8) is 0 Å². The van der Waals surface area contributed by atoms with Gasteiger partial charge in [0.05, 0.1) is 23.4 Å². The molecule has 4 rings (SSSR count). The fraction of sp³-hybridized carbons (Fsp3) is 0.462. The van der Waals surface area contributed by atoms with Gasteiger partial charge in [-0.2, -0.15) is 10.4 Å². The maximum Gasteiger partial charge on any atom is 0.155 e. The molecule has 84 valence electrons. The van der Waals surface area contributed by atoms with E-state index in [1.54, 1.807) is 0 Å². The summed E-state index contributed by atoms with van der Waals surface area (Å²) < 4.78 is 1.97. The molecule has 0 aromatic carbocycles. The lowest BCUT2D eigenvalue weighted by Crippen LogP contribution is -2.09. The van der Waals surface area contributed by atoms with Gasteiger partial charge < -0.3 is 0 Å². The number of rotatable bonds is 0. The van der Waals surface area contributed by atoms with Crippen molar-refractivity contribution < 1.29 is 0 Å². The minimum absolute atomic E-state index is 0.00825. The number of aryl methyl sites for hydroxylation is 1. The highest BCUT2D eigenvalue weighted by Gasteiger charge is 2.54. The van der Waals surface area contributed by atoms with E-state index >= 15 is 0 Å². The smallest absolute Gasteiger partial charge is 0.155 e. The first kappa shape index (κ1) is 9.17. The number of fused-ring (bicyclic) bond motifs is 4. The largest absolute Gasteiger partial charge is 0.237 e. The number of hydrogen-bond donors (Lipinski definition) is 0. The summed E-state index contributed by atoms with van der Waals surface area (Å²) in [5, 5.41) is 13.8. The SMILES string of the molecule is Cc1cc2ncc3c(n2n1)C1(CC1)CC3C#N. The number of hydrogen-bond acceptors (Lipinski definition) is 3. The zero-order valence-electron chi connectivity index (χ0n) is 9.64. The molecule has 2 aromatic rings. The summed E-state index contributed by atoms with van der Waals surface area (Å²) in [5.41, 5.74) is 4.48. The fourth-order valence-corrected chi connectivity index (χ4v) is 3.15. The predicted octanol–water partition coefficient (Wildman–Crippen LogP) is 2.08. The summed E-state index contributed by atoms with van der Waals surface area (Å²) in [5.74, 6) is 0.00825. The van der Waals surface area contributed by atoms with E-state index in [4.69, 9.17) is 0 Å². The molecule has 17 heavy (non-hydrogen) atoms. The van der Waals surface area contributed by atoms with Gasteiger partial charge in [-0.05, 0) is 26.2 Å². The fourth-order valence-electron chi connectivity index (χ4n) is 3.15. The quantitative estimate of drug-likeness (QED) is 0.688. The van der Waals surface area contributed by atoms with E-state index in [9.17, 15) is 5.26 Å². The average Bonchev–Trinajstić information content (AvgIpc) is 2.86. The Labute approximate surface area is 98.9 Å². The second kappa shape index (κ2) is 2.67. The van der Waals surface area contributed by atoms with Gasteiger partial charge in [-0.25, -0.2) is 9.50 Å². The Balaban J connectivity index is 2.10. The molecule has 0 aliphatic heterocycles. The number of nitriles is 1. The van der Waals surface area contributed by atoms with Gasteiger partial charge >= 0.3 is 0 Å². The van der Waals surface area contributed by atoms with E-state index in [0.29, 0.717) is 0 Å². The van der Waals surface area contributed by atoms with Crippen molar-refractivity contribution in [1.29, 1.82) is 5.26 Å². The lowest BCUT2D eigenvalue weighted by Gasteiger charge is -2.09. The molecule has 1 unspecified atom stereocenters. The predicted molar refractivity (Wildman–Crippen MR) is 61.6 cm³/mol. The van der Waals surface area contributed by atoms with E-state index < -0.39 is 0 Å². The Morgan fingerprint density at radius 3 is 3.06 bits per heavy atom. The molecule has 4 heteroatoms. The van der Waals surface area contributed by atoms with Crippen molar-refractivity contribution in [3.8, 4) is 6.07 Å². The van der Waals surface area contributed by atoms with Crippen molar-refractivity contribution in [2.24, 2.45) is 0 Å². The summed E-state index contributed by atoms with van der Waals surface area (Å²) in [6, 6.07) is 4.40. The molecule has 2 aliphatic carbocycles. The normalized spacial score (nSPS) is 23.9. The van der Waals surface area contributed by atoms with E-state index in [1.807, 2.05) is 23.7 Å². The lowest BCUT2D eigenvalue weighted by atomic mass is 10.0. The van der Waals surface area contributed by atoms with E-state index in [1.165, 1.54) is 18.5 Å². The molecular formula is C13H12N4. The van der Waals surface area contributed by atoms with Crippen LogP contribution in [0.2, 0.25) is 0 Å². The molecule has 2 heterocycles. The van der Waals surface area contributed by atoms with Crippen molar-refractivity contribution in [2.75, 3.05) is 0 Å². The first-order valence-electron chi connectivity index (χ1n) is 5.99. The third-order valence-electron chi connectivity index (χ3n) is 4.12. The Morgan fingerprint density at radius 2 is 2.35 bits per heavy atom. The van der Waals surface area contributed by atoms with Crippen LogP contribution in [0.3, 0.4) is 0 Å². The summed E-state index contributed by atoms with van der Waals surface area (Å²) in [4.78, 5) is 4.41. The maximum atomic E-state index is 9.24. The van der Waals surface area contributed by atoms with Crippen molar-refractivity contribution >= 4 is 5.65 Å². The molecule has 1 fully saturated rings. The maximum absolute atomic E-state index is 9.24. The van der Waals surface area contributed by atoms with Crippen LogP contribution in [0, 0.1) is 18.3 Å². The topological polar surface area (TPSA) is 54.0 Å². The molecule has 4 nitrogen and oxygen atoms in total. The zero-order valence-corrected chi connectivity index (χ0v) is 9.64.